The smallest absolute Gasteiger partial charge is 0.408 e. The fourth-order valence-corrected chi connectivity index (χ4v) is 3.85. The lowest BCUT2D eigenvalue weighted by Crippen LogP contribution is -2.60. The molecule has 0 aromatic rings. The first kappa shape index (κ1) is 17.2. The fraction of sp³-hybridized carbons (Fsp3) is 0.923. The van der Waals surface area contributed by atoms with E-state index in [4.69, 9.17) is 0 Å². The van der Waals surface area contributed by atoms with Crippen LogP contribution in [0.25, 0.3) is 0 Å². The van der Waals surface area contributed by atoms with Crippen molar-refractivity contribution in [2.75, 3.05) is 18.8 Å². The molecule has 0 saturated carbocycles. The van der Waals surface area contributed by atoms with Crippen LogP contribution in [0.15, 0.2) is 0 Å². The molecule has 1 amide bonds. The van der Waals surface area contributed by atoms with Gasteiger partial charge in [-0.2, -0.15) is 4.31 Å². The number of piperidine rings is 1. The van der Waals surface area contributed by atoms with Crippen LogP contribution in [0, 0.1) is 5.92 Å². The molecule has 2 atom stereocenters. The lowest BCUT2D eigenvalue weighted by atomic mass is 9.90. The predicted octanol–water partition coefficient (Wildman–Crippen LogP) is 1.82. The maximum Gasteiger partial charge on any atom is 0.408 e. The summed E-state index contributed by atoms with van der Waals surface area (Å²) in [6.45, 7) is 9.83. The lowest BCUT2D eigenvalue weighted by Gasteiger charge is -2.46. The Morgan fingerprint density at radius 3 is 2.35 bits per heavy atom. The molecule has 1 saturated heterocycles. The Morgan fingerprint density at radius 2 is 1.95 bits per heavy atom. The van der Waals surface area contributed by atoms with E-state index in [1.165, 1.54) is 9.21 Å². The number of rotatable bonds is 3. The molecular weight excluding hydrogens is 280 g/mol. The Bertz CT molecular complexity index is 455. The molecule has 20 heavy (non-hydrogen) atoms. The minimum atomic E-state index is -3.27. The SMILES string of the molecule is CCS(=O)(=O)N1CC[C@H](C)[C@H](N(C(=O)O)C(C)(C)C)C1. The zero-order valence-electron chi connectivity index (χ0n) is 13.0. The van der Waals surface area contributed by atoms with Gasteiger partial charge in [0, 0.05) is 18.6 Å². The Labute approximate surface area is 121 Å². The van der Waals surface area contributed by atoms with Crippen LogP contribution in [0.2, 0.25) is 0 Å². The highest BCUT2D eigenvalue weighted by molar-refractivity contribution is 7.89. The van der Waals surface area contributed by atoms with Crippen molar-refractivity contribution in [1.82, 2.24) is 9.21 Å². The largest absolute Gasteiger partial charge is 0.465 e. The van der Waals surface area contributed by atoms with Crippen LogP contribution in [-0.2, 0) is 10.0 Å². The van der Waals surface area contributed by atoms with Gasteiger partial charge in [0.2, 0.25) is 10.0 Å². The Morgan fingerprint density at radius 1 is 1.40 bits per heavy atom. The molecule has 1 aliphatic rings. The normalized spacial score (nSPS) is 25.4. The quantitative estimate of drug-likeness (QED) is 0.863. The van der Waals surface area contributed by atoms with Crippen molar-refractivity contribution in [3.8, 4) is 0 Å². The third-order valence-electron chi connectivity index (χ3n) is 3.90. The summed E-state index contributed by atoms with van der Waals surface area (Å²) >= 11 is 0. The van der Waals surface area contributed by atoms with Crippen LogP contribution in [0.4, 0.5) is 4.79 Å². The zero-order chi connectivity index (χ0) is 15.7. The van der Waals surface area contributed by atoms with Crippen molar-refractivity contribution in [2.24, 2.45) is 5.92 Å². The molecular formula is C13H26N2O4S. The maximum absolute atomic E-state index is 12.0. The van der Waals surface area contributed by atoms with E-state index in [1.54, 1.807) is 6.92 Å². The molecule has 0 spiro atoms. The first-order valence-corrected chi connectivity index (χ1v) is 8.61. The second kappa shape index (κ2) is 5.89. The number of hydrogen-bond donors (Lipinski definition) is 1. The minimum Gasteiger partial charge on any atom is -0.465 e. The molecule has 6 nitrogen and oxygen atoms in total. The number of nitrogens with zero attached hydrogens (tertiary/aromatic N) is 2. The Balaban J connectivity index is 3.05. The molecule has 0 bridgehead atoms. The average Bonchev–Trinajstić information content (AvgIpc) is 2.29. The number of carbonyl (C=O) groups is 1. The number of sulfonamides is 1. The van der Waals surface area contributed by atoms with E-state index in [1.807, 2.05) is 27.7 Å². The Hall–Kier alpha value is -0.820. The number of hydrogen-bond acceptors (Lipinski definition) is 3. The summed E-state index contributed by atoms with van der Waals surface area (Å²) in [6.07, 6.45) is -0.311. The summed E-state index contributed by atoms with van der Waals surface area (Å²) in [5, 5.41) is 9.48. The van der Waals surface area contributed by atoms with Crippen LogP contribution in [0.5, 0.6) is 0 Å². The molecule has 0 aliphatic carbocycles. The van der Waals surface area contributed by atoms with Crippen molar-refractivity contribution < 1.29 is 18.3 Å². The number of amides is 1. The van der Waals surface area contributed by atoms with E-state index in [2.05, 4.69) is 0 Å². The van der Waals surface area contributed by atoms with E-state index in [0.717, 1.165) is 0 Å². The van der Waals surface area contributed by atoms with Crippen LogP contribution in [-0.4, -0.2) is 59.2 Å². The van der Waals surface area contributed by atoms with Crippen LogP contribution < -0.4 is 0 Å². The van der Waals surface area contributed by atoms with Gasteiger partial charge in [-0.25, -0.2) is 13.2 Å². The highest BCUT2D eigenvalue weighted by Gasteiger charge is 2.41. The second-order valence-corrected chi connectivity index (χ2v) is 8.67. The van der Waals surface area contributed by atoms with Gasteiger partial charge in [-0.05, 0) is 40.0 Å². The molecule has 0 unspecified atom stereocenters. The molecule has 1 rings (SSSR count). The topological polar surface area (TPSA) is 77.9 Å². The summed E-state index contributed by atoms with van der Waals surface area (Å²) in [7, 11) is -3.27. The molecule has 1 aliphatic heterocycles. The van der Waals surface area contributed by atoms with Crippen LogP contribution in [0.1, 0.15) is 41.0 Å². The highest BCUT2D eigenvalue weighted by Crippen LogP contribution is 2.29. The van der Waals surface area contributed by atoms with Gasteiger partial charge >= 0.3 is 6.09 Å². The Kier molecular flexibility index (Phi) is 5.08. The van der Waals surface area contributed by atoms with Crippen LogP contribution >= 0.6 is 0 Å². The summed E-state index contributed by atoms with van der Waals surface area (Å²) in [6, 6.07) is -0.303. The first-order chi connectivity index (χ1) is 9.00. The molecule has 118 valence electrons. The van der Waals surface area contributed by atoms with Crippen molar-refractivity contribution in [3.05, 3.63) is 0 Å². The molecule has 0 aromatic carbocycles. The summed E-state index contributed by atoms with van der Waals surface area (Å²) < 4.78 is 25.4. The summed E-state index contributed by atoms with van der Waals surface area (Å²) in [4.78, 5) is 13.0. The second-order valence-electron chi connectivity index (χ2n) is 6.42. The fourth-order valence-electron chi connectivity index (χ4n) is 2.72. The summed E-state index contributed by atoms with van der Waals surface area (Å²) in [5.41, 5.74) is -0.552. The van der Waals surface area contributed by atoms with E-state index >= 15 is 0 Å². The first-order valence-electron chi connectivity index (χ1n) is 7.00. The van der Waals surface area contributed by atoms with Crippen LogP contribution in [0.3, 0.4) is 0 Å². The van der Waals surface area contributed by atoms with Crippen molar-refractivity contribution in [2.45, 2.75) is 52.6 Å². The minimum absolute atomic E-state index is 0.0523. The van der Waals surface area contributed by atoms with E-state index in [-0.39, 0.29) is 24.3 Å². The van der Waals surface area contributed by atoms with Gasteiger partial charge in [0.05, 0.1) is 11.8 Å². The predicted molar refractivity (Wildman–Crippen MR) is 78.2 cm³/mol. The van der Waals surface area contributed by atoms with Gasteiger partial charge in [0.25, 0.3) is 0 Å². The zero-order valence-corrected chi connectivity index (χ0v) is 13.8. The van der Waals surface area contributed by atoms with Gasteiger partial charge in [0.15, 0.2) is 0 Å². The number of carboxylic acid groups (broad SMARTS) is 1. The molecule has 0 aromatic heterocycles. The lowest BCUT2D eigenvalue weighted by molar-refractivity contribution is 0.0288. The standard InChI is InChI=1S/C13H26N2O4S/c1-6-20(18,19)14-8-7-10(2)11(9-14)15(12(16)17)13(3,4)5/h10-11H,6-9H2,1-5H3,(H,16,17)/t10-,11+/m0/s1. The van der Waals surface area contributed by atoms with Gasteiger partial charge in [-0.15, -0.1) is 0 Å². The van der Waals surface area contributed by atoms with E-state index < -0.39 is 21.7 Å². The molecule has 1 fully saturated rings. The monoisotopic (exact) mass is 306 g/mol. The molecule has 1 heterocycles. The van der Waals surface area contributed by atoms with Crippen molar-refractivity contribution in [3.63, 3.8) is 0 Å². The van der Waals surface area contributed by atoms with Crippen molar-refractivity contribution >= 4 is 16.1 Å². The average molecular weight is 306 g/mol. The third kappa shape index (κ3) is 3.63. The van der Waals surface area contributed by atoms with Gasteiger partial charge < -0.3 is 5.11 Å². The molecule has 7 heteroatoms. The van der Waals surface area contributed by atoms with Gasteiger partial charge in [-0.3, -0.25) is 4.90 Å². The summed E-state index contributed by atoms with van der Waals surface area (Å²) in [5.74, 6) is 0.199. The third-order valence-corrected chi connectivity index (χ3v) is 5.75. The van der Waals surface area contributed by atoms with E-state index in [9.17, 15) is 18.3 Å². The van der Waals surface area contributed by atoms with Crippen molar-refractivity contribution in [1.29, 1.82) is 0 Å². The maximum atomic E-state index is 12.0. The van der Waals surface area contributed by atoms with Gasteiger partial charge in [0.1, 0.15) is 0 Å². The highest BCUT2D eigenvalue weighted by atomic mass is 32.2. The molecule has 1 N–H and O–H groups in total. The van der Waals surface area contributed by atoms with E-state index in [0.29, 0.717) is 13.0 Å². The molecule has 0 radical (unpaired) electrons. The van der Waals surface area contributed by atoms with Gasteiger partial charge in [-0.1, -0.05) is 6.92 Å².